The third-order valence-corrected chi connectivity index (χ3v) is 2.54. The SMILES string of the molecule is Oc1cc(Cl)ccc1Cl.Oc1ccc(Cl)cc1. The van der Waals surface area contributed by atoms with Gasteiger partial charge in [0.15, 0.2) is 0 Å². The van der Waals surface area contributed by atoms with Gasteiger partial charge in [0.25, 0.3) is 0 Å². The molecule has 0 aromatic heterocycles. The predicted octanol–water partition coefficient (Wildman–Crippen LogP) is 4.74. The van der Waals surface area contributed by atoms with Crippen LogP contribution < -0.4 is 0 Å². The van der Waals surface area contributed by atoms with Crippen LogP contribution in [0.4, 0.5) is 0 Å². The molecule has 0 radical (unpaired) electrons. The molecule has 0 saturated carbocycles. The quantitative estimate of drug-likeness (QED) is 0.735. The average molecular weight is 292 g/mol. The molecule has 0 spiro atoms. The molecule has 0 aliphatic carbocycles. The summed E-state index contributed by atoms with van der Waals surface area (Å²) in [6.45, 7) is 0. The Morgan fingerprint density at radius 2 is 1.24 bits per heavy atom. The molecule has 2 aromatic rings. The maximum absolute atomic E-state index is 8.88. The number of aromatic hydroxyl groups is 2. The van der Waals surface area contributed by atoms with Gasteiger partial charge in [0.1, 0.15) is 11.5 Å². The first-order chi connectivity index (χ1) is 7.99. The number of rotatable bonds is 0. The van der Waals surface area contributed by atoms with Gasteiger partial charge in [-0.25, -0.2) is 0 Å². The lowest BCUT2D eigenvalue weighted by molar-refractivity contribution is 0.475. The van der Waals surface area contributed by atoms with Crippen molar-refractivity contribution >= 4 is 34.8 Å². The van der Waals surface area contributed by atoms with Crippen LogP contribution in [0.1, 0.15) is 0 Å². The number of phenolic OH excluding ortho intramolecular Hbond substituents is 2. The van der Waals surface area contributed by atoms with Crippen LogP contribution in [0, 0.1) is 0 Å². The summed E-state index contributed by atoms with van der Waals surface area (Å²) in [4.78, 5) is 0. The third kappa shape index (κ3) is 5.18. The van der Waals surface area contributed by atoms with E-state index in [1.807, 2.05) is 0 Å². The van der Waals surface area contributed by atoms with E-state index >= 15 is 0 Å². The van der Waals surface area contributed by atoms with Crippen molar-refractivity contribution in [1.82, 2.24) is 0 Å². The van der Waals surface area contributed by atoms with E-state index in [-0.39, 0.29) is 11.5 Å². The minimum absolute atomic E-state index is 0.0177. The number of hydrogen-bond acceptors (Lipinski definition) is 2. The number of phenols is 2. The molecule has 5 heteroatoms. The second kappa shape index (κ2) is 6.60. The topological polar surface area (TPSA) is 40.5 Å². The molecule has 2 N–H and O–H groups in total. The Labute approximate surface area is 114 Å². The molecule has 90 valence electrons. The Morgan fingerprint density at radius 1 is 0.706 bits per heavy atom. The highest BCUT2D eigenvalue weighted by molar-refractivity contribution is 6.34. The summed E-state index contributed by atoms with van der Waals surface area (Å²) in [6, 6.07) is 10.9. The van der Waals surface area contributed by atoms with Gasteiger partial charge >= 0.3 is 0 Å². The van der Waals surface area contributed by atoms with Crippen LogP contribution in [0.2, 0.25) is 15.1 Å². The number of halogens is 3. The summed E-state index contributed by atoms with van der Waals surface area (Å²) < 4.78 is 0. The fraction of sp³-hybridized carbons (Fsp3) is 0. The zero-order valence-corrected chi connectivity index (χ0v) is 10.8. The van der Waals surface area contributed by atoms with Crippen LogP contribution in [0.15, 0.2) is 42.5 Å². The van der Waals surface area contributed by atoms with E-state index in [2.05, 4.69) is 0 Å². The molecule has 2 aromatic carbocycles. The lowest BCUT2D eigenvalue weighted by Crippen LogP contribution is -1.66. The second-order valence-electron chi connectivity index (χ2n) is 3.07. The molecule has 0 bridgehead atoms. The Hall–Kier alpha value is -1.09. The van der Waals surface area contributed by atoms with Crippen molar-refractivity contribution in [3.8, 4) is 11.5 Å². The van der Waals surface area contributed by atoms with Crippen molar-refractivity contribution in [2.24, 2.45) is 0 Å². The summed E-state index contributed by atoms with van der Waals surface area (Å²) in [6.07, 6.45) is 0. The predicted molar refractivity (Wildman–Crippen MR) is 71.2 cm³/mol. The van der Waals surface area contributed by atoms with Crippen molar-refractivity contribution in [3.05, 3.63) is 57.5 Å². The molecule has 0 aliphatic heterocycles. The minimum atomic E-state index is 0.0177. The molecule has 0 unspecified atom stereocenters. The molecule has 0 aliphatic rings. The average Bonchev–Trinajstić information content (AvgIpc) is 2.29. The summed E-state index contributed by atoms with van der Waals surface area (Å²) in [7, 11) is 0. The van der Waals surface area contributed by atoms with Crippen LogP contribution in [0.25, 0.3) is 0 Å². The van der Waals surface area contributed by atoms with E-state index in [4.69, 9.17) is 45.0 Å². The minimum Gasteiger partial charge on any atom is -0.508 e. The molecule has 2 nitrogen and oxygen atoms in total. The molecule has 0 atom stereocenters. The molecule has 0 fully saturated rings. The molecule has 2 rings (SSSR count). The Bertz CT molecular complexity index is 463. The lowest BCUT2D eigenvalue weighted by atomic mass is 10.3. The fourth-order valence-corrected chi connectivity index (χ4v) is 1.34. The van der Waals surface area contributed by atoms with Crippen molar-refractivity contribution in [3.63, 3.8) is 0 Å². The number of benzene rings is 2. The van der Waals surface area contributed by atoms with Gasteiger partial charge in [-0.15, -0.1) is 0 Å². The standard InChI is InChI=1S/C6H4Cl2O.C6H5ClO/c7-4-1-2-5(8)6(9)3-4;7-5-1-3-6(8)4-2-5/h1-3,9H;1-4,8H. The molecular weight excluding hydrogens is 282 g/mol. The van der Waals surface area contributed by atoms with E-state index in [1.54, 1.807) is 36.4 Å². The van der Waals surface area contributed by atoms with E-state index in [0.717, 1.165) is 0 Å². The Morgan fingerprint density at radius 3 is 1.65 bits per heavy atom. The molecule has 0 heterocycles. The highest BCUT2D eigenvalue weighted by Crippen LogP contribution is 2.25. The third-order valence-electron chi connectivity index (χ3n) is 1.73. The van der Waals surface area contributed by atoms with Crippen LogP contribution in [-0.4, -0.2) is 10.2 Å². The smallest absolute Gasteiger partial charge is 0.135 e. The monoisotopic (exact) mass is 290 g/mol. The molecule has 0 amide bonds. The van der Waals surface area contributed by atoms with Gasteiger partial charge in [-0.05, 0) is 36.4 Å². The largest absolute Gasteiger partial charge is 0.508 e. The molecule has 17 heavy (non-hydrogen) atoms. The van der Waals surface area contributed by atoms with Crippen molar-refractivity contribution in [2.45, 2.75) is 0 Å². The Kier molecular flexibility index (Phi) is 5.42. The van der Waals surface area contributed by atoms with Gasteiger partial charge in [-0.1, -0.05) is 34.8 Å². The van der Waals surface area contributed by atoms with Gasteiger partial charge in [0, 0.05) is 16.1 Å². The zero-order chi connectivity index (χ0) is 12.8. The van der Waals surface area contributed by atoms with Crippen LogP contribution >= 0.6 is 34.8 Å². The van der Waals surface area contributed by atoms with Crippen LogP contribution in [-0.2, 0) is 0 Å². The highest BCUT2D eigenvalue weighted by atomic mass is 35.5. The van der Waals surface area contributed by atoms with Gasteiger partial charge in [0.2, 0.25) is 0 Å². The molecule has 0 saturated heterocycles. The number of hydrogen-bond donors (Lipinski definition) is 2. The van der Waals surface area contributed by atoms with Gasteiger partial charge in [0.05, 0.1) is 5.02 Å². The maximum Gasteiger partial charge on any atom is 0.135 e. The van der Waals surface area contributed by atoms with Crippen molar-refractivity contribution < 1.29 is 10.2 Å². The highest BCUT2D eigenvalue weighted by Gasteiger charge is 1.95. The summed E-state index contributed by atoms with van der Waals surface area (Å²) in [5.74, 6) is 0.263. The fourth-order valence-electron chi connectivity index (χ4n) is 0.927. The lowest BCUT2D eigenvalue weighted by Gasteiger charge is -1.93. The van der Waals surface area contributed by atoms with E-state index < -0.39 is 0 Å². The maximum atomic E-state index is 8.88. The van der Waals surface area contributed by atoms with Gasteiger partial charge in [-0.3, -0.25) is 0 Å². The summed E-state index contributed by atoms with van der Waals surface area (Å²) in [5.41, 5.74) is 0. The van der Waals surface area contributed by atoms with Gasteiger partial charge < -0.3 is 10.2 Å². The second-order valence-corrected chi connectivity index (χ2v) is 4.35. The van der Waals surface area contributed by atoms with E-state index in [9.17, 15) is 0 Å². The van der Waals surface area contributed by atoms with Crippen molar-refractivity contribution in [1.29, 1.82) is 0 Å². The van der Waals surface area contributed by atoms with E-state index in [1.165, 1.54) is 6.07 Å². The first-order valence-electron chi connectivity index (χ1n) is 4.57. The Balaban J connectivity index is 0.000000171. The van der Waals surface area contributed by atoms with Crippen molar-refractivity contribution in [2.75, 3.05) is 0 Å². The zero-order valence-electron chi connectivity index (χ0n) is 8.57. The van der Waals surface area contributed by atoms with E-state index in [0.29, 0.717) is 15.1 Å². The van der Waals surface area contributed by atoms with Crippen LogP contribution in [0.3, 0.4) is 0 Å². The normalized spacial score (nSPS) is 9.35. The molecular formula is C12H9Cl3O2. The first-order valence-corrected chi connectivity index (χ1v) is 5.71. The summed E-state index contributed by atoms with van der Waals surface area (Å²) in [5, 5.41) is 19.0. The van der Waals surface area contributed by atoms with Gasteiger partial charge in [-0.2, -0.15) is 0 Å². The summed E-state index contributed by atoms with van der Waals surface area (Å²) >= 11 is 16.5. The van der Waals surface area contributed by atoms with Crippen LogP contribution in [0.5, 0.6) is 11.5 Å². The first kappa shape index (κ1) is 14.0.